The highest BCUT2D eigenvalue weighted by molar-refractivity contribution is 4.59. The molecule has 0 aliphatic rings. The highest BCUT2D eigenvalue weighted by atomic mass is 16.5. The Labute approximate surface area is 56.1 Å². The van der Waals surface area contributed by atoms with Crippen molar-refractivity contribution in [3.63, 3.8) is 0 Å². The number of hydrogen-bond donors (Lipinski definition) is 1. The average molecular weight is 130 g/mol. The van der Waals surface area contributed by atoms with Crippen LogP contribution in [-0.4, -0.2) is 17.3 Å². The van der Waals surface area contributed by atoms with Crippen LogP contribution in [0.4, 0.5) is 0 Å². The highest BCUT2D eigenvalue weighted by Gasteiger charge is 2.03. The van der Waals surface area contributed by atoms with Crippen molar-refractivity contribution in [3.8, 4) is 0 Å². The Kier molecular flexibility index (Phi) is 4.14. The zero-order chi connectivity index (χ0) is 7.28. The Bertz CT molecular complexity index is 79.0. The van der Waals surface area contributed by atoms with E-state index >= 15 is 0 Å². The molecule has 2 unspecified atom stereocenters. The summed E-state index contributed by atoms with van der Waals surface area (Å²) in [5.74, 6) is 0. The van der Waals surface area contributed by atoms with Crippen molar-refractivity contribution < 1.29 is 9.84 Å². The minimum absolute atomic E-state index is 0.0718. The quantitative estimate of drug-likeness (QED) is 0.581. The van der Waals surface area contributed by atoms with E-state index in [1.165, 1.54) is 6.26 Å². The first kappa shape index (κ1) is 8.50. The molecule has 0 rings (SSSR count). The van der Waals surface area contributed by atoms with Crippen LogP contribution in [-0.2, 0) is 4.74 Å². The lowest BCUT2D eigenvalue weighted by Crippen LogP contribution is -2.12. The molecular formula is C7H14O2. The molecular weight excluding hydrogens is 116 g/mol. The highest BCUT2D eigenvalue weighted by Crippen LogP contribution is 2.00. The molecule has 2 heteroatoms. The topological polar surface area (TPSA) is 29.5 Å². The van der Waals surface area contributed by atoms with Crippen LogP contribution < -0.4 is 0 Å². The molecule has 0 bridgehead atoms. The fraction of sp³-hybridized carbons (Fsp3) is 0.714. The largest absolute Gasteiger partial charge is 0.499 e. The summed E-state index contributed by atoms with van der Waals surface area (Å²) in [5.41, 5.74) is 0. The first-order chi connectivity index (χ1) is 4.16. The fourth-order valence-corrected chi connectivity index (χ4v) is 0.700. The maximum atomic E-state index is 8.84. The molecule has 0 aromatic heterocycles. The predicted octanol–water partition coefficient (Wildman–Crippen LogP) is 1.31. The monoisotopic (exact) mass is 130 g/mol. The normalized spacial score (nSPS) is 16.3. The van der Waals surface area contributed by atoms with E-state index < -0.39 is 0 Å². The van der Waals surface area contributed by atoms with Gasteiger partial charge in [-0.25, -0.2) is 0 Å². The second-order valence-corrected chi connectivity index (χ2v) is 2.20. The van der Waals surface area contributed by atoms with Crippen LogP contribution >= 0.6 is 0 Å². The van der Waals surface area contributed by atoms with Gasteiger partial charge in [0, 0.05) is 6.42 Å². The molecule has 0 aliphatic carbocycles. The van der Waals surface area contributed by atoms with Gasteiger partial charge >= 0.3 is 0 Å². The number of hydrogen-bond acceptors (Lipinski definition) is 2. The zero-order valence-electron chi connectivity index (χ0n) is 6.00. The van der Waals surface area contributed by atoms with E-state index in [4.69, 9.17) is 9.84 Å². The Morgan fingerprint density at radius 3 is 2.56 bits per heavy atom. The third kappa shape index (κ3) is 5.37. The third-order valence-corrected chi connectivity index (χ3v) is 1.00. The van der Waals surface area contributed by atoms with Crippen molar-refractivity contribution >= 4 is 0 Å². The van der Waals surface area contributed by atoms with E-state index in [0.717, 1.165) is 0 Å². The van der Waals surface area contributed by atoms with Crippen LogP contribution in [0.3, 0.4) is 0 Å². The molecule has 2 atom stereocenters. The Morgan fingerprint density at radius 1 is 1.67 bits per heavy atom. The van der Waals surface area contributed by atoms with Crippen LogP contribution in [0.1, 0.15) is 20.3 Å². The summed E-state index contributed by atoms with van der Waals surface area (Å²) < 4.78 is 4.96. The van der Waals surface area contributed by atoms with Gasteiger partial charge in [0.2, 0.25) is 0 Å². The molecule has 0 aromatic carbocycles. The summed E-state index contributed by atoms with van der Waals surface area (Å²) in [6.07, 6.45) is 1.83. The van der Waals surface area contributed by atoms with Crippen LogP contribution in [0, 0.1) is 0 Å². The maximum Gasteiger partial charge on any atom is 0.0974 e. The summed E-state index contributed by atoms with van der Waals surface area (Å²) in [7, 11) is 0. The van der Waals surface area contributed by atoms with Crippen molar-refractivity contribution in [1.29, 1.82) is 0 Å². The van der Waals surface area contributed by atoms with Crippen LogP contribution in [0.5, 0.6) is 0 Å². The standard InChI is InChI=1S/C7H14O2/c1-4-9-7(3)5-6(2)8/h4,6-8H,1,5H2,2-3H3. The van der Waals surface area contributed by atoms with Crippen molar-refractivity contribution in [1.82, 2.24) is 0 Å². The van der Waals surface area contributed by atoms with Gasteiger partial charge in [0.25, 0.3) is 0 Å². The van der Waals surface area contributed by atoms with E-state index in [2.05, 4.69) is 6.58 Å². The van der Waals surface area contributed by atoms with E-state index in [1.807, 2.05) is 6.92 Å². The number of rotatable bonds is 4. The molecule has 0 heterocycles. The molecule has 0 aromatic rings. The van der Waals surface area contributed by atoms with Crippen molar-refractivity contribution in [2.24, 2.45) is 0 Å². The van der Waals surface area contributed by atoms with Gasteiger partial charge in [-0.2, -0.15) is 0 Å². The molecule has 0 saturated heterocycles. The maximum absolute atomic E-state index is 8.84. The minimum atomic E-state index is -0.292. The lowest BCUT2D eigenvalue weighted by molar-refractivity contribution is 0.0883. The lowest BCUT2D eigenvalue weighted by atomic mass is 10.2. The lowest BCUT2D eigenvalue weighted by Gasteiger charge is -2.11. The Balaban J connectivity index is 3.25. The molecule has 0 aliphatic heterocycles. The summed E-state index contributed by atoms with van der Waals surface area (Å²) >= 11 is 0. The Morgan fingerprint density at radius 2 is 2.22 bits per heavy atom. The van der Waals surface area contributed by atoms with Crippen molar-refractivity contribution in [2.75, 3.05) is 0 Å². The molecule has 1 N–H and O–H groups in total. The van der Waals surface area contributed by atoms with Crippen LogP contribution in [0.2, 0.25) is 0 Å². The van der Waals surface area contributed by atoms with Crippen LogP contribution in [0.15, 0.2) is 12.8 Å². The van der Waals surface area contributed by atoms with Gasteiger partial charge in [0.15, 0.2) is 0 Å². The van der Waals surface area contributed by atoms with Gasteiger partial charge in [-0.1, -0.05) is 6.58 Å². The van der Waals surface area contributed by atoms with Gasteiger partial charge in [-0.15, -0.1) is 0 Å². The fourth-order valence-electron chi connectivity index (χ4n) is 0.700. The second kappa shape index (κ2) is 4.39. The summed E-state index contributed by atoms with van der Waals surface area (Å²) in [6.45, 7) is 7.04. The molecule has 9 heavy (non-hydrogen) atoms. The van der Waals surface area contributed by atoms with Crippen molar-refractivity contribution in [3.05, 3.63) is 12.8 Å². The molecule has 54 valence electrons. The zero-order valence-corrected chi connectivity index (χ0v) is 6.00. The first-order valence-corrected chi connectivity index (χ1v) is 3.11. The van der Waals surface area contributed by atoms with E-state index in [1.54, 1.807) is 6.92 Å². The second-order valence-electron chi connectivity index (χ2n) is 2.20. The molecule has 0 amide bonds. The summed E-state index contributed by atoms with van der Waals surface area (Å²) in [4.78, 5) is 0. The van der Waals surface area contributed by atoms with Gasteiger partial charge in [-0.05, 0) is 13.8 Å². The van der Waals surface area contributed by atoms with E-state index in [9.17, 15) is 0 Å². The first-order valence-electron chi connectivity index (χ1n) is 3.11. The van der Waals surface area contributed by atoms with Crippen molar-refractivity contribution in [2.45, 2.75) is 32.5 Å². The van der Waals surface area contributed by atoms with E-state index in [-0.39, 0.29) is 12.2 Å². The molecule has 0 saturated carbocycles. The molecule has 2 nitrogen and oxygen atoms in total. The molecule has 0 fully saturated rings. The molecule has 0 radical (unpaired) electrons. The van der Waals surface area contributed by atoms with Gasteiger partial charge in [-0.3, -0.25) is 0 Å². The van der Waals surface area contributed by atoms with E-state index in [0.29, 0.717) is 6.42 Å². The van der Waals surface area contributed by atoms with Gasteiger partial charge in [0.1, 0.15) is 0 Å². The number of aliphatic hydroxyl groups is 1. The van der Waals surface area contributed by atoms with Gasteiger partial charge in [0.05, 0.1) is 18.5 Å². The Hall–Kier alpha value is -0.500. The predicted molar refractivity (Wildman–Crippen MR) is 37.0 cm³/mol. The molecule has 0 spiro atoms. The summed E-state index contributed by atoms with van der Waals surface area (Å²) in [6, 6.07) is 0. The SMILES string of the molecule is C=COC(C)CC(C)O. The smallest absolute Gasteiger partial charge is 0.0974 e. The number of aliphatic hydroxyl groups excluding tert-OH is 1. The number of ether oxygens (including phenoxy) is 1. The minimum Gasteiger partial charge on any atom is -0.499 e. The summed E-state index contributed by atoms with van der Waals surface area (Å²) in [5, 5.41) is 8.84. The van der Waals surface area contributed by atoms with Gasteiger partial charge < -0.3 is 9.84 Å². The average Bonchev–Trinajstić information content (AvgIpc) is 1.63. The third-order valence-electron chi connectivity index (χ3n) is 1.00. The van der Waals surface area contributed by atoms with Crippen LogP contribution in [0.25, 0.3) is 0 Å².